The van der Waals surface area contributed by atoms with Crippen molar-refractivity contribution >= 4 is 18.5 Å². The zero-order valence-electron chi connectivity index (χ0n) is 11.1. The van der Waals surface area contributed by atoms with E-state index in [0.29, 0.717) is 11.3 Å². The van der Waals surface area contributed by atoms with E-state index in [1.54, 1.807) is 12.1 Å². The summed E-state index contributed by atoms with van der Waals surface area (Å²) < 4.78 is 47.1. The first-order valence-electron chi connectivity index (χ1n) is 6.45. The second-order valence-corrected chi connectivity index (χ2v) is 4.97. The second-order valence-electron chi connectivity index (χ2n) is 4.97. The third kappa shape index (κ3) is 3.44. The molecule has 1 spiro atoms. The van der Waals surface area contributed by atoms with Gasteiger partial charge in [-0.25, -0.2) is 0 Å². The fraction of sp³-hybridized carbons (Fsp3) is 0.429. The predicted molar refractivity (Wildman–Crippen MR) is 74.9 cm³/mol. The highest BCUT2D eigenvalue weighted by Gasteiger charge is 2.37. The number of halogens is 4. The maximum atomic E-state index is 12.4. The molecule has 7 heteroatoms. The highest BCUT2D eigenvalue weighted by Crippen LogP contribution is 2.41. The van der Waals surface area contributed by atoms with Crippen LogP contribution in [0.4, 0.5) is 13.2 Å². The lowest BCUT2D eigenvalue weighted by Crippen LogP contribution is -2.45. The summed E-state index contributed by atoms with van der Waals surface area (Å²) in [4.78, 5) is 0. The summed E-state index contributed by atoms with van der Waals surface area (Å²) in [6.07, 6.45) is 0.415. The third-order valence-electron chi connectivity index (χ3n) is 3.57. The standard InChI is InChI=1S/C14H14F3NO2.ClH/c15-14(16,17)20-12-3-1-2-11-10(12)4-5-13(19-11)6-8-18-9-7-13;/h1-5,18H,6-9H2;1H. The molecule has 0 bridgehead atoms. The minimum Gasteiger partial charge on any atom is -0.482 e. The van der Waals surface area contributed by atoms with Crippen LogP contribution < -0.4 is 14.8 Å². The SMILES string of the molecule is Cl.FC(F)(F)Oc1cccc2c1C=CC1(CCNCC1)O2. The van der Waals surface area contributed by atoms with E-state index in [0.717, 1.165) is 25.9 Å². The number of rotatable bonds is 1. The van der Waals surface area contributed by atoms with Crippen LogP contribution in [-0.4, -0.2) is 25.1 Å². The van der Waals surface area contributed by atoms with Crippen LogP contribution in [0.5, 0.6) is 11.5 Å². The number of hydrogen-bond acceptors (Lipinski definition) is 3. The first-order chi connectivity index (χ1) is 9.48. The molecule has 3 rings (SSSR count). The number of hydrogen-bond donors (Lipinski definition) is 1. The van der Waals surface area contributed by atoms with Crippen molar-refractivity contribution in [1.29, 1.82) is 0 Å². The molecule has 0 amide bonds. The molecule has 0 aromatic heterocycles. The first-order valence-corrected chi connectivity index (χ1v) is 6.45. The molecule has 2 aliphatic rings. The van der Waals surface area contributed by atoms with Crippen LogP contribution in [0.1, 0.15) is 18.4 Å². The van der Waals surface area contributed by atoms with Crippen LogP contribution in [0.25, 0.3) is 6.08 Å². The van der Waals surface area contributed by atoms with E-state index in [4.69, 9.17) is 4.74 Å². The van der Waals surface area contributed by atoms with Gasteiger partial charge in [0.2, 0.25) is 0 Å². The molecular formula is C14H15ClF3NO2. The van der Waals surface area contributed by atoms with E-state index in [1.807, 2.05) is 6.08 Å². The Morgan fingerprint density at radius 1 is 1.19 bits per heavy atom. The van der Waals surface area contributed by atoms with Crippen LogP contribution in [0, 0.1) is 0 Å². The predicted octanol–water partition coefficient (Wildman–Crippen LogP) is 3.53. The molecule has 1 saturated heterocycles. The Hall–Kier alpha value is -1.40. The Labute approximate surface area is 126 Å². The summed E-state index contributed by atoms with van der Waals surface area (Å²) in [7, 11) is 0. The Bertz CT molecular complexity index is 540. The molecule has 1 aromatic carbocycles. The Kier molecular flexibility index (Phi) is 4.39. The summed E-state index contributed by atoms with van der Waals surface area (Å²) in [6.45, 7) is 1.66. The molecule has 0 aliphatic carbocycles. The molecule has 0 unspecified atom stereocenters. The van der Waals surface area contributed by atoms with Gasteiger partial charge in [-0.2, -0.15) is 0 Å². The Balaban J connectivity index is 0.00000161. The van der Waals surface area contributed by atoms with Crippen molar-refractivity contribution in [1.82, 2.24) is 5.32 Å². The number of ether oxygens (including phenoxy) is 2. The van der Waals surface area contributed by atoms with Crippen molar-refractivity contribution in [2.45, 2.75) is 24.8 Å². The van der Waals surface area contributed by atoms with Gasteiger partial charge < -0.3 is 14.8 Å². The molecule has 21 heavy (non-hydrogen) atoms. The molecule has 116 valence electrons. The highest BCUT2D eigenvalue weighted by atomic mass is 35.5. The number of piperidine rings is 1. The van der Waals surface area contributed by atoms with Crippen LogP contribution in [0.2, 0.25) is 0 Å². The molecule has 1 fully saturated rings. The molecule has 0 saturated carbocycles. The second kappa shape index (κ2) is 5.77. The van der Waals surface area contributed by atoms with E-state index in [9.17, 15) is 13.2 Å². The zero-order valence-corrected chi connectivity index (χ0v) is 11.9. The van der Waals surface area contributed by atoms with Crippen molar-refractivity contribution in [2.75, 3.05) is 13.1 Å². The molecule has 2 heterocycles. The van der Waals surface area contributed by atoms with Gasteiger partial charge in [0, 0.05) is 12.8 Å². The van der Waals surface area contributed by atoms with Gasteiger partial charge in [0.25, 0.3) is 0 Å². The average Bonchev–Trinajstić information content (AvgIpc) is 2.38. The molecule has 0 atom stereocenters. The van der Waals surface area contributed by atoms with Gasteiger partial charge in [0.05, 0.1) is 5.56 Å². The van der Waals surface area contributed by atoms with E-state index >= 15 is 0 Å². The van der Waals surface area contributed by atoms with Crippen LogP contribution >= 0.6 is 12.4 Å². The minimum atomic E-state index is -4.70. The van der Waals surface area contributed by atoms with Gasteiger partial charge in [-0.1, -0.05) is 6.07 Å². The number of alkyl halides is 3. The summed E-state index contributed by atoms with van der Waals surface area (Å²) >= 11 is 0. The monoisotopic (exact) mass is 321 g/mol. The van der Waals surface area contributed by atoms with Crippen molar-refractivity contribution in [3.8, 4) is 11.5 Å². The topological polar surface area (TPSA) is 30.5 Å². The van der Waals surface area contributed by atoms with Gasteiger partial charge in [-0.3, -0.25) is 0 Å². The normalized spacial score (nSPS) is 19.4. The van der Waals surface area contributed by atoms with Crippen molar-refractivity contribution in [3.05, 3.63) is 29.8 Å². The van der Waals surface area contributed by atoms with Crippen molar-refractivity contribution < 1.29 is 22.6 Å². The lowest BCUT2D eigenvalue weighted by Gasteiger charge is -2.38. The molecular weight excluding hydrogens is 307 g/mol. The molecule has 1 aromatic rings. The summed E-state index contributed by atoms with van der Waals surface area (Å²) in [5.74, 6) is 0.214. The summed E-state index contributed by atoms with van der Waals surface area (Å²) in [5.41, 5.74) is -0.0660. The smallest absolute Gasteiger partial charge is 0.482 e. The van der Waals surface area contributed by atoms with Crippen molar-refractivity contribution in [3.63, 3.8) is 0 Å². The van der Waals surface area contributed by atoms with Crippen molar-refractivity contribution in [2.24, 2.45) is 0 Å². The largest absolute Gasteiger partial charge is 0.573 e. The quantitative estimate of drug-likeness (QED) is 0.858. The maximum absolute atomic E-state index is 12.4. The minimum absolute atomic E-state index is 0. The highest BCUT2D eigenvalue weighted by molar-refractivity contribution is 5.85. The summed E-state index contributed by atoms with van der Waals surface area (Å²) in [6, 6.07) is 4.47. The van der Waals surface area contributed by atoms with Crippen LogP contribution in [0.3, 0.4) is 0 Å². The maximum Gasteiger partial charge on any atom is 0.573 e. The lowest BCUT2D eigenvalue weighted by molar-refractivity contribution is -0.274. The Morgan fingerprint density at radius 3 is 2.57 bits per heavy atom. The lowest BCUT2D eigenvalue weighted by atomic mass is 9.89. The van der Waals surface area contributed by atoms with E-state index in [1.165, 1.54) is 12.1 Å². The zero-order chi connectivity index (χ0) is 14.2. The van der Waals surface area contributed by atoms with Gasteiger partial charge in [-0.15, -0.1) is 25.6 Å². The van der Waals surface area contributed by atoms with Crippen LogP contribution in [0.15, 0.2) is 24.3 Å². The number of nitrogens with one attached hydrogen (secondary N) is 1. The van der Waals surface area contributed by atoms with E-state index in [2.05, 4.69) is 10.1 Å². The molecule has 1 N–H and O–H groups in total. The Morgan fingerprint density at radius 2 is 1.90 bits per heavy atom. The average molecular weight is 322 g/mol. The fourth-order valence-corrected chi connectivity index (χ4v) is 2.60. The van der Waals surface area contributed by atoms with Gasteiger partial charge >= 0.3 is 6.36 Å². The first kappa shape index (κ1) is 16.0. The third-order valence-corrected chi connectivity index (χ3v) is 3.57. The molecule has 3 nitrogen and oxygen atoms in total. The molecule has 0 radical (unpaired) electrons. The van der Waals surface area contributed by atoms with Gasteiger partial charge in [0.15, 0.2) is 0 Å². The fourth-order valence-electron chi connectivity index (χ4n) is 2.60. The number of benzene rings is 1. The van der Waals surface area contributed by atoms with Gasteiger partial charge in [0.1, 0.15) is 17.1 Å². The van der Waals surface area contributed by atoms with Crippen LogP contribution in [-0.2, 0) is 0 Å². The van der Waals surface area contributed by atoms with Gasteiger partial charge in [-0.05, 0) is 37.4 Å². The summed E-state index contributed by atoms with van der Waals surface area (Å²) in [5, 5.41) is 3.24. The number of fused-ring (bicyclic) bond motifs is 1. The molecule has 2 aliphatic heterocycles. The van der Waals surface area contributed by atoms with E-state index in [-0.39, 0.29) is 18.2 Å². The van der Waals surface area contributed by atoms with E-state index < -0.39 is 12.0 Å².